The number of hydrogen-bond donors (Lipinski definition) is 1. The number of carbonyl (C=O) groups is 1. The molecule has 0 spiro atoms. The highest BCUT2D eigenvalue weighted by atomic mass is 79.9. The van der Waals surface area contributed by atoms with Crippen LogP contribution >= 0.6 is 27.5 Å². The van der Waals surface area contributed by atoms with Crippen LogP contribution in [0.1, 0.15) is 16.1 Å². The Balaban J connectivity index is 2.24. The van der Waals surface area contributed by atoms with Crippen molar-refractivity contribution < 1.29 is 4.79 Å². The third-order valence-corrected chi connectivity index (χ3v) is 2.96. The van der Waals surface area contributed by atoms with Gasteiger partial charge in [-0.15, -0.1) is 0 Å². The molecule has 0 unspecified atom stereocenters. The first kappa shape index (κ1) is 13.0. The van der Waals surface area contributed by atoms with Crippen molar-refractivity contribution in [1.82, 2.24) is 9.97 Å². The highest BCUT2D eigenvalue weighted by Gasteiger charge is 2.10. The predicted octanol–water partition coefficient (Wildman–Crippen LogP) is 3.45. The Bertz CT molecular complexity index is 604. The number of amides is 1. The molecule has 2 aromatic rings. The number of halogens is 2. The van der Waals surface area contributed by atoms with E-state index < -0.39 is 0 Å². The first-order chi connectivity index (χ1) is 8.56. The number of nitrogens with zero attached hydrogens (tertiary/aromatic N) is 2. The molecule has 0 bridgehead atoms. The maximum atomic E-state index is 11.9. The summed E-state index contributed by atoms with van der Waals surface area (Å²) in [6.45, 7) is 1.91. The molecule has 0 aliphatic carbocycles. The van der Waals surface area contributed by atoms with E-state index in [1.807, 2.05) is 25.1 Å². The molecule has 1 heterocycles. The van der Waals surface area contributed by atoms with E-state index >= 15 is 0 Å². The van der Waals surface area contributed by atoms with Gasteiger partial charge in [0, 0.05) is 10.2 Å². The Kier molecular flexibility index (Phi) is 3.93. The fourth-order valence-electron chi connectivity index (χ4n) is 1.37. The number of anilines is 1. The lowest BCUT2D eigenvalue weighted by atomic mass is 10.2. The van der Waals surface area contributed by atoms with Crippen molar-refractivity contribution >= 4 is 39.1 Å². The van der Waals surface area contributed by atoms with Gasteiger partial charge in [-0.25, -0.2) is 4.98 Å². The van der Waals surface area contributed by atoms with Crippen molar-refractivity contribution in [2.24, 2.45) is 0 Å². The van der Waals surface area contributed by atoms with Gasteiger partial charge in [0.15, 0.2) is 0 Å². The van der Waals surface area contributed by atoms with Gasteiger partial charge in [0.05, 0.1) is 12.4 Å². The van der Waals surface area contributed by atoms with Crippen molar-refractivity contribution in [2.45, 2.75) is 6.92 Å². The molecule has 0 saturated carbocycles. The molecular weight excluding hydrogens is 318 g/mol. The van der Waals surface area contributed by atoms with Crippen LogP contribution in [0, 0.1) is 6.92 Å². The standard InChI is InChI=1S/C12H9BrClN3O/c1-7-2-3-8(13)4-9(7)17-12(18)10-5-15-6-11(14)16-10/h2-6H,1H3,(H,17,18). The Labute approximate surface area is 118 Å². The quantitative estimate of drug-likeness (QED) is 0.919. The van der Waals surface area contributed by atoms with Crippen LogP contribution in [0.4, 0.5) is 5.69 Å². The molecule has 1 N–H and O–H groups in total. The minimum atomic E-state index is -0.341. The molecule has 0 radical (unpaired) electrons. The highest BCUT2D eigenvalue weighted by molar-refractivity contribution is 9.10. The summed E-state index contributed by atoms with van der Waals surface area (Å²) in [7, 11) is 0. The Morgan fingerprint density at radius 3 is 2.89 bits per heavy atom. The van der Waals surface area contributed by atoms with Crippen LogP contribution in [0.5, 0.6) is 0 Å². The van der Waals surface area contributed by atoms with Crippen LogP contribution in [0.3, 0.4) is 0 Å². The van der Waals surface area contributed by atoms with Gasteiger partial charge >= 0.3 is 0 Å². The van der Waals surface area contributed by atoms with E-state index in [0.717, 1.165) is 15.7 Å². The summed E-state index contributed by atoms with van der Waals surface area (Å²) in [5, 5.41) is 2.95. The summed E-state index contributed by atoms with van der Waals surface area (Å²) in [5.41, 5.74) is 1.86. The number of hydrogen-bond acceptors (Lipinski definition) is 3. The van der Waals surface area contributed by atoms with Crippen molar-refractivity contribution in [1.29, 1.82) is 0 Å². The largest absolute Gasteiger partial charge is 0.320 e. The van der Waals surface area contributed by atoms with E-state index in [1.165, 1.54) is 12.4 Å². The summed E-state index contributed by atoms with van der Waals surface area (Å²) in [5.74, 6) is -0.341. The molecule has 92 valence electrons. The minimum absolute atomic E-state index is 0.182. The number of aryl methyl sites for hydroxylation is 1. The Morgan fingerprint density at radius 2 is 2.17 bits per heavy atom. The molecule has 6 heteroatoms. The van der Waals surface area contributed by atoms with Crippen LogP contribution in [0.15, 0.2) is 35.1 Å². The second-order valence-electron chi connectivity index (χ2n) is 3.64. The third kappa shape index (κ3) is 3.05. The average molecular weight is 327 g/mol. The number of carbonyl (C=O) groups excluding carboxylic acids is 1. The van der Waals surface area contributed by atoms with Crippen LogP contribution in [0.25, 0.3) is 0 Å². The SMILES string of the molecule is Cc1ccc(Br)cc1NC(=O)c1cncc(Cl)n1. The molecule has 4 nitrogen and oxygen atoms in total. The molecule has 0 aliphatic heterocycles. The lowest BCUT2D eigenvalue weighted by Crippen LogP contribution is -2.14. The summed E-state index contributed by atoms with van der Waals surface area (Å²) in [6.07, 6.45) is 2.75. The van der Waals surface area contributed by atoms with Gasteiger partial charge in [0.1, 0.15) is 10.8 Å². The maximum absolute atomic E-state index is 11.9. The lowest BCUT2D eigenvalue weighted by molar-refractivity contribution is 0.102. The van der Waals surface area contributed by atoms with E-state index in [2.05, 4.69) is 31.2 Å². The van der Waals surface area contributed by atoms with Gasteiger partial charge in [-0.2, -0.15) is 0 Å². The van der Waals surface area contributed by atoms with Crippen molar-refractivity contribution in [3.63, 3.8) is 0 Å². The van der Waals surface area contributed by atoms with Gasteiger partial charge in [0.25, 0.3) is 5.91 Å². The first-order valence-corrected chi connectivity index (χ1v) is 6.28. The van der Waals surface area contributed by atoms with Crippen LogP contribution in [-0.4, -0.2) is 15.9 Å². The van der Waals surface area contributed by atoms with Crippen LogP contribution in [0.2, 0.25) is 5.15 Å². The van der Waals surface area contributed by atoms with Crippen LogP contribution in [-0.2, 0) is 0 Å². The summed E-state index contributed by atoms with van der Waals surface area (Å²) >= 11 is 9.04. The smallest absolute Gasteiger partial charge is 0.275 e. The van der Waals surface area contributed by atoms with Crippen molar-refractivity contribution in [3.8, 4) is 0 Å². The van der Waals surface area contributed by atoms with Gasteiger partial charge < -0.3 is 5.32 Å². The molecule has 0 atom stereocenters. The normalized spacial score (nSPS) is 10.2. The summed E-state index contributed by atoms with van der Waals surface area (Å²) in [6, 6.07) is 5.64. The number of nitrogens with one attached hydrogen (secondary N) is 1. The van der Waals surface area contributed by atoms with Gasteiger partial charge in [0.2, 0.25) is 0 Å². The molecule has 1 aromatic carbocycles. The molecular formula is C12H9BrClN3O. The topological polar surface area (TPSA) is 54.9 Å². The van der Waals surface area contributed by atoms with Crippen molar-refractivity contribution in [3.05, 3.63) is 51.5 Å². The molecule has 0 saturated heterocycles. The second-order valence-corrected chi connectivity index (χ2v) is 4.94. The highest BCUT2D eigenvalue weighted by Crippen LogP contribution is 2.21. The number of rotatable bonds is 2. The predicted molar refractivity (Wildman–Crippen MR) is 73.9 cm³/mol. The minimum Gasteiger partial charge on any atom is -0.320 e. The first-order valence-electron chi connectivity index (χ1n) is 5.11. The molecule has 0 fully saturated rings. The van der Waals surface area contributed by atoms with E-state index in [-0.39, 0.29) is 16.8 Å². The lowest BCUT2D eigenvalue weighted by Gasteiger charge is -2.08. The number of benzene rings is 1. The van der Waals surface area contributed by atoms with E-state index in [4.69, 9.17) is 11.6 Å². The molecule has 18 heavy (non-hydrogen) atoms. The average Bonchev–Trinajstić information content (AvgIpc) is 2.34. The zero-order chi connectivity index (χ0) is 13.1. The molecule has 1 amide bonds. The monoisotopic (exact) mass is 325 g/mol. The summed E-state index contributed by atoms with van der Waals surface area (Å²) in [4.78, 5) is 19.7. The van der Waals surface area contributed by atoms with Crippen molar-refractivity contribution in [2.75, 3.05) is 5.32 Å². The van der Waals surface area contributed by atoms with E-state index in [1.54, 1.807) is 0 Å². The Hall–Kier alpha value is -1.46. The van der Waals surface area contributed by atoms with Crippen LogP contribution < -0.4 is 5.32 Å². The molecule has 1 aromatic heterocycles. The molecule has 2 rings (SSSR count). The molecule has 0 aliphatic rings. The Morgan fingerprint density at radius 1 is 1.39 bits per heavy atom. The second kappa shape index (κ2) is 5.46. The van der Waals surface area contributed by atoms with E-state index in [9.17, 15) is 4.79 Å². The zero-order valence-corrected chi connectivity index (χ0v) is 11.8. The zero-order valence-electron chi connectivity index (χ0n) is 9.45. The maximum Gasteiger partial charge on any atom is 0.275 e. The summed E-state index contributed by atoms with van der Waals surface area (Å²) < 4.78 is 0.889. The third-order valence-electron chi connectivity index (χ3n) is 2.29. The fourth-order valence-corrected chi connectivity index (χ4v) is 1.88. The fraction of sp³-hybridized carbons (Fsp3) is 0.0833. The van der Waals surface area contributed by atoms with Gasteiger partial charge in [-0.3, -0.25) is 9.78 Å². The number of aromatic nitrogens is 2. The van der Waals surface area contributed by atoms with Gasteiger partial charge in [-0.05, 0) is 24.6 Å². The van der Waals surface area contributed by atoms with E-state index in [0.29, 0.717) is 0 Å². The van der Waals surface area contributed by atoms with Gasteiger partial charge in [-0.1, -0.05) is 33.6 Å².